The third kappa shape index (κ3) is 3.77. The number of nitrogens with two attached hydrogens (primary N) is 1. The van der Waals surface area contributed by atoms with Gasteiger partial charge in [0.25, 0.3) is 5.91 Å². The van der Waals surface area contributed by atoms with Gasteiger partial charge in [-0.15, -0.1) is 0 Å². The van der Waals surface area contributed by atoms with Crippen molar-refractivity contribution in [2.45, 2.75) is 32.9 Å². The van der Waals surface area contributed by atoms with E-state index in [1.165, 1.54) is 5.56 Å². The van der Waals surface area contributed by atoms with E-state index in [9.17, 15) is 4.79 Å². The standard InChI is InChI=1S/C20H24N2O3/c1-13-4-7-17(8-5-13)24-11-10-22-18-12-16(14(2)21)6-9-19(18)25-15(3)20(22)23/h4-9,12,14-15H,10-11,21H2,1-3H3. The number of hydrogen-bond acceptors (Lipinski definition) is 4. The Hall–Kier alpha value is -2.53. The monoisotopic (exact) mass is 340 g/mol. The summed E-state index contributed by atoms with van der Waals surface area (Å²) in [6.07, 6.45) is -0.506. The van der Waals surface area contributed by atoms with E-state index in [4.69, 9.17) is 15.2 Å². The Labute approximate surface area is 148 Å². The Balaban J connectivity index is 1.76. The van der Waals surface area contributed by atoms with E-state index in [1.54, 1.807) is 11.8 Å². The maximum atomic E-state index is 12.6. The largest absolute Gasteiger partial charge is 0.492 e. The number of hydrogen-bond donors (Lipinski definition) is 1. The fraction of sp³-hybridized carbons (Fsp3) is 0.350. The molecule has 2 atom stereocenters. The molecule has 0 bridgehead atoms. The van der Waals surface area contributed by atoms with Crippen LogP contribution in [0.1, 0.15) is 31.0 Å². The molecule has 0 aromatic heterocycles. The van der Waals surface area contributed by atoms with Gasteiger partial charge in [0.2, 0.25) is 0 Å². The molecule has 1 amide bonds. The lowest BCUT2D eigenvalue weighted by Crippen LogP contribution is -2.46. The summed E-state index contributed by atoms with van der Waals surface area (Å²) in [5.74, 6) is 1.43. The quantitative estimate of drug-likeness (QED) is 0.908. The lowest BCUT2D eigenvalue weighted by Gasteiger charge is -2.33. The molecular weight excluding hydrogens is 316 g/mol. The fourth-order valence-electron chi connectivity index (χ4n) is 2.83. The fourth-order valence-corrected chi connectivity index (χ4v) is 2.83. The number of aryl methyl sites for hydroxylation is 1. The Morgan fingerprint density at radius 1 is 1.24 bits per heavy atom. The van der Waals surface area contributed by atoms with Crippen LogP contribution in [0, 0.1) is 6.92 Å². The molecule has 2 aromatic carbocycles. The van der Waals surface area contributed by atoms with Crippen molar-refractivity contribution in [1.82, 2.24) is 0 Å². The van der Waals surface area contributed by atoms with E-state index in [0.717, 1.165) is 17.0 Å². The minimum absolute atomic E-state index is 0.0677. The van der Waals surface area contributed by atoms with Crippen LogP contribution in [0.3, 0.4) is 0 Å². The maximum Gasteiger partial charge on any atom is 0.267 e. The van der Waals surface area contributed by atoms with Crippen LogP contribution in [-0.2, 0) is 4.79 Å². The van der Waals surface area contributed by atoms with Gasteiger partial charge >= 0.3 is 0 Å². The summed E-state index contributed by atoms with van der Waals surface area (Å²) in [4.78, 5) is 14.3. The number of rotatable bonds is 5. The molecule has 2 N–H and O–H groups in total. The third-order valence-corrected chi connectivity index (χ3v) is 4.32. The highest BCUT2D eigenvalue weighted by Gasteiger charge is 2.31. The highest BCUT2D eigenvalue weighted by molar-refractivity contribution is 5.99. The van der Waals surface area contributed by atoms with Crippen molar-refractivity contribution in [2.75, 3.05) is 18.1 Å². The lowest BCUT2D eigenvalue weighted by atomic mass is 10.1. The predicted molar refractivity (Wildman–Crippen MR) is 98.2 cm³/mol. The number of nitrogens with zero attached hydrogens (tertiary/aromatic N) is 1. The molecule has 0 aliphatic carbocycles. The Morgan fingerprint density at radius 2 is 1.96 bits per heavy atom. The van der Waals surface area contributed by atoms with Crippen LogP contribution in [0.2, 0.25) is 0 Å². The smallest absolute Gasteiger partial charge is 0.267 e. The highest BCUT2D eigenvalue weighted by Crippen LogP contribution is 2.35. The third-order valence-electron chi connectivity index (χ3n) is 4.32. The van der Waals surface area contributed by atoms with Gasteiger partial charge in [0.05, 0.1) is 12.2 Å². The number of benzene rings is 2. The van der Waals surface area contributed by atoms with Crippen molar-refractivity contribution in [3.05, 3.63) is 53.6 Å². The van der Waals surface area contributed by atoms with Crippen molar-refractivity contribution < 1.29 is 14.3 Å². The van der Waals surface area contributed by atoms with E-state index in [-0.39, 0.29) is 11.9 Å². The van der Waals surface area contributed by atoms with Gasteiger partial charge in [0.1, 0.15) is 18.1 Å². The highest BCUT2D eigenvalue weighted by atomic mass is 16.5. The van der Waals surface area contributed by atoms with Crippen LogP contribution < -0.4 is 20.1 Å². The molecule has 1 heterocycles. The molecular formula is C20H24N2O3. The molecule has 0 fully saturated rings. The lowest BCUT2D eigenvalue weighted by molar-refractivity contribution is -0.125. The second kappa shape index (κ2) is 7.15. The van der Waals surface area contributed by atoms with Crippen LogP contribution in [-0.4, -0.2) is 25.2 Å². The van der Waals surface area contributed by atoms with Gasteiger partial charge in [0.15, 0.2) is 6.10 Å². The average molecular weight is 340 g/mol. The van der Waals surface area contributed by atoms with E-state index < -0.39 is 6.10 Å². The van der Waals surface area contributed by atoms with Crippen molar-refractivity contribution in [2.24, 2.45) is 5.73 Å². The minimum Gasteiger partial charge on any atom is -0.492 e. The number of anilines is 1. The summed E-state index contributed by atoms with van der Waals surface area (Å²) < 4.78 is 11.5. The van der Waals surface area contributed by atoms with E-state index in [2.05, 4.69) is 0 Å². The first-order valence-electron chi connectivity index (χ1n) is 8.52. The van der Waals surface area contributed by atoms with Crippen LogP contribution in [0.25, 0.3) is 0 Å². The number of carbonyl (C=O) groups is 1. The molecule has 2 unspecified atom stereocenters. The molecule has 0 saturated heterocycles. The summed E-state index contributed by atoms with van der Waals surface area (Å²) in [6, 6.07) is 13.5. The predicted octanol–water partition coefficient (Wildman–Crippen LogP) is 3.21. The van der Waals surface area contributed by atoms with Crippen LogP contribution in [0.4, 0.5) is 5.69 Å². The maximum absolute atomic E-state index is 12.6. The topological polar surface area (TPSA) is 64.8 Å². The van der Waals surface area contributed by atoms with Crippen LogP contribution in [0.15, 0.2) is 42.5 Å². The molecule has 3 rings (SSSR count). The first-order chi connectivity index (χ1) is 12.0. The van der Waals surface area contributed by atoms with Crippen LogP contribution >= 0.6 is 0 Å². The van der Waals surface area contributed by atoms with Crippen molar-refractivity contribution in [3.63, 3.8) is 0 Å². The van der Waals surface area contributed by atoms with Crippen molar-refractivity contribution >= 4 is 11.6 Å². The molecule has 0 radical (unpaired) electrons. The van der Waals surface area contributed by atoms with E-state index in [0.29, 0.717) is 18.9 Å². The zero-order valence-electron chi connectivity index (χ0n) is 14.9. The first kappa shape index (κ1) is 17.3. The number of amides is 1. The van der Waals surface area contributed by atoms with Gasteiger partial charge in [-0.25, -0.2) is 0 Å². The Morgan fingerprint density at radius 3 is 2.64 bits per heavy atom. The molecule has 5 heteroatoms. The Bertz CT molecular complexity index is 756. The Kier molecular flexibility index (Phi) is 4.95. The number of fused-ring (bicyclic) bond motifs is 1. The van der Waals surface area contributed by atoms with Gasteiger partial charge in [0, 0.05) is 6.04 Å². The molecule has 25 heavy (non-hydrogen) atoms. The molecule has 1 aliphatic heterocycles. The second-order valence-electron chi connectivity index (χ2n) is 6.43. The molecule has 0 spiro atoms. The van der Waals surface area contributed by atoms with Crippen LogP contribution in [0.5, 0.6) is 11.5 Å². The number of ether oxygens (including phenoxy) is 2. The summed E-state index contributed by atoms with van der Waals surface area (Å²) in [5, 5.41) is 0. The second-order valence-corrected chi connectivity index (χ2v) is 6.43. The van der Waals surface area contributed by atoms with Crippen molar-refractivity contribution in [1.29, 1.82) is 0 Å². The molecule has 2 aromatic rings. The van der Waals surface area contributed by atoms with Gasteiger partial charge in [-0.2, -0.15) is 0 Å². The van der Waals surface area contributed by atoms with E-state index in [1.807, 2.05) is 56.3 Å². The number of carbonyl (C=O) groups excluding carboxylic acids is 1. The van der Waals surface area contributed by atoms with E-state index >= 15 is 0 Å². The zero-order chi connectivity index (χ0) is 18.0. The minimum atomic E-state index is -0.506. The summed E-state index contributed by atoms with van der Waals surface area (Å²) in [7, 11) is 0. The van der Waals surface area contributed by atoms with Gasteiger partial charge in [-0.3, -0.25) is 4.79 Å². The average Bonchev–Trinajstić information content (AvgIpc) is 2.59. The van der Waals surface area contributed by atoms with Crippen molar-refractivity contribution in [3.8, 4) is 11.5 Å². The summed E-state index contributed by atoms with van der Waals surface area (Å²) in [5.41, 5.74) is 8.88. The molecule has 0 saturated carbocycles. The van der Waals surface area contributed by atoms with Gasteiger partial charge in [-0.05, 0) is 50.6 Å². The SMILES string of the molecule is Cc1ccc(OCCN2C(=O)C(C)Oc3ccc(C(C)N)cc32)cc1. The zero-order valence-corrected chi connectivity index (χ0v) is 14.9. The first-order valence-corrected chi connectivity index (χ1v) is 8.52. The molecule has 5 nitrogen and oxygen atoms in total. The summed E-state index contributed by atoms with van der Waals surface area (Å²) in [6.45, 7) is 6.57. The van der Waals surface area contributed by atoms with Gasteiger partial charge in [-0.1, -0.05) is 23.8 Å². The molecule has 1 aliphatic rings. The molecule has 132 valence electrons. The van der Waals surface area contributed by atoms with Gasteiger partial charge < -0.3 is 20.1 Å². The normalized spacial score (nSPS) is 17.7. The summed E-state index contributed by atoms with van der Waals surface area (Å²) >= 11 is 0.